The molecule has 0 amide bonds. The summed E-state index contributed by atoms with van der Waals surface area (Å²) in [4.78, 5) is 0. The third-order valence-corrected chi connectivity index (χ3v) is 4.14. The average Bonchev–Trinajstić information content (AvgIpc) is 2.89. The Morgan fingerprint density at radius 1 is 1.50 bits per heavy atom. The summed E-state index contributed by atoms with van der Waals surface area (Å²) < 4.78 is 5.30. The first kappa shape index (κ1) is 13.4. The fraction of sp³-hybridized carbons (Fsp3) is 0.462. The lowest BCUT2D eigenvalue weighted by Crippen LogP contribution is -2.14. The van der Waals surface area contributed by atoms with Crippen molar-refractivity contribution in [3.05, 3.63) is 39.9 Å². The quantitative estimate of drug-likeness (QED) is 0.944. The van der Waals surface area contributed by atoms with Crippen molar-refractivity contribution in [2.75, 3.05) is 0 Å². The van der Waals surface area contributed by atoms with Gasteiger partial charge in [0.05, 0.1) is 22.4 Å². The molecule has 0 aliphatic rings. The van der Waals surface area contributed by atoms with Crippen molar-refractivity contribution in [2.45, 2.75) is 39.9 Å². The van der Waals surface area contributed by atoms with Crippen molar-refractivity contribution >= 4 is 15.9 Å². The highest BCUT2D eigenvalue weighted by Gasteiger charge is 2.14. The molecule has 4 nitrogen and oxygen atoms in total. The van der Waals surface area contributed by atoms with Gasteiger partial charge in [-0.15, -0.1) is 0 Å². The molecule has 2 aromatic rings. The highest BCUT2D eigenvalue weighted by atomic mass is 79.9. The summed E-state index contributed by atoms with van der Waals surface area (Å²) >= 11 is 3.62. The van der Waals surface area contributed by atoms with E-state index in [0.717, 1.165) is 29.0 Å². The van der Waals surface area contributed by atoms with Gasteiger partial charge in [-0.25, -0.2) is 0 Å². The van der Waals surface area contributed by atoms with Crippen LogP contribution in [-0.2, 0) is 13.1 Å². The minimum absolute atomic E-state index is 0.0397. The Morgan fingerprint density at radius 2 is 2.22 bits per heavy atom. The second-order valence-electron chi connectivity index (χ2n) is 4.51. The van der Waals surface area contributed by atoms with Crippen molar-refractivity contribution in [1.82, 2.24) is 14.3 Å². The first-order valence-electron chi connectivity index (χ1n) is 6.17. The van der Waals surface area contributed by atoms with Crippen LogP contribution in [0.4, 0.5) is 0 Å². The summed E-state index contributed by atoms with van der Waals surface area (Å²) in [5.41, 5.74) is 9.33. The molecule has 0 spiro atoms. The lowest BCUT2D eigenvalue weighted by atomic mass is 10.2. The maximum atomic E-state index is 5.97. The molecule has 0 aromatic carbocycles. The van der Waals surface area contributed by atoms with Gasteiger partial charge in [0.2, 0.25) is 0 Å². The van der Waals surface area contributed by atoms with E-state index in [9.17, 15) is 0 Å². The van der Waals surface area contributed by atoms with E-state index in [2.05, 4.69) is 44.8 Å². The highest BCUT2D eigenvalue weighted by Crippen LogP contribution is 2.23. The van der Waals surface area contributed by atoms with Crippen molar-refractivity contribution in [2.24, 2.45) is 5.73 Å². The van der Waals surface area contributed by atoms with E-state index in [1.54, 1.807) is 0 Å². The van der Waals surface area contributed by atoms with E-state index in [0.29, 0.717) is 0 Å². The molecule has 2 rings (SSSR count). The smallest absolute Gasteiger partial charge is 0.0739 e. The second kappa shape index (κ2) is 5.28. The Morgan fingerprint density at radius 3 is 2.83 bits per heavy atom. The van der Waals surface area contributed by atoms with E-state index in [4.69, 9.17) is 5.73 Å². The zero-order valence-electron chi connectivity index (χ0n) is 11.0. The van der Waals surface area contributed by atoms with Gasteiger partial charge in [0.1, 0.15) is 0 Å². The number of halogens is 1. The predicted molar refractivity (Wildman–Crippen MR) is 76.5 cm³/mol. The van der Waals surface area contributed by atoms with Crippen LogP contribution in [-0.4, -0.2) is 14.3 Å². The number of aryl methyl sites for hydroxylation is 2. The molecule has 0 saturated carbocycles. The average molecular weight is 311 g/mol. The zero-order chi connectivity index (χ0) is 13.3. The van der Waals surface area contributed by atoms with Crippen molar-refractivity contribution in [3.8, 4) is 0 Å². The number of nitrogens with zero attached hydrogens (tertiary/aromatic N) is 3. The van der Waals surface area contributed by atoms with Gasteiger partial charge in [0.15, 0.2) is 0 Å². The molecule has 0 saturated heterocycles. The molecule has 98 valence electrons. The largest absolute Gasteiger partial charge is 0.344 e. The Labute approximate surface area is 116 Å². The number of rotatable bonds is 4. The normalized spacial score (nSPS) is 12.9. The van der Waals surface area contributed by atoms with Gasteiger partial charge in [-0.2, -0.15) is 5.10 Å². The van der Waals surface area contributed by atoms with Gasteiger partial charge in [-0.1, -0.05) is 0 Å². The molecule has 0 radical (unpaired) electrons. The topological polar surface area (TPSA) is 48.8 Å². The maximum Gasteiger partial charge on any atom is 0.0739 e. The van der Waals surface area contributed by atoms with E-state index >= 15 is 0 Å². The molecule has 2 heterocycles. The van der Waals surface area contributed by atoms with Crippen LogP contribution in [0.25, 0.3) is 0 Å². The Hall–Kier alpha value is -1.07. The predicted octanol–water partition coefficient (Wildman–Crippen LogP) is 2.84. The van der Waals surface area contributed by atoms with Gasteiger partial charge >= 0.3 is 0 Å². The van der Waals surface area contributed by atoms with E-state index in [1.807, 2.05) is 24.6 Å². The molecule has 1 unspecified atom stereocenters. The Bertz CT molecular complexity index is 539. The zero-order valence-corrected chi connectivity index (χ0v) is 12.6. The van der Waals surface area contributed by atoms with Gasteiger partial charge in [-0.3, -0.25) is 4.68 Å². The number of hydrogen-bond acceptors (Lipinski definition) is 2. The van der Waals surface area contributed by atoms with Crippen LogP contribution < -0.4 is 5.73 Å². The van der Waals surface area contributed by atoms with Crippen molar-refractivity contribution in [3.63, 3.8) is 0 Å². The van der Waals surface area contributed by atoms with Crippen LogP contribution in [0.2, 0.25) is 0 Å². The number of nitrogens with two attached hydrogens (primary N) is 1. The lowest BCUT2D eigenvalue weighted by Gasteiger charge is -2.13. The van der Waals surface area contributed by atoms with Crippen LogP contribution in [0.1, 0.15) is 37.0 Å². The van der Waals surface area contributed by atoms with Crippen LogP contribution in [0, 0.1) is 6.92 Å². The Balaban J connectivity index is 2.36. The van der Waals surface area contributed by atoms with Gasteiger partial charge < -0.3 is 10.3 Å². The molecule has 0 aliphatic carbocycles. The monoisotopic (exact) mass is 310 g/mol. The molecule has 5 heteroatoms. The molecular weight excluding hydrogens is 292 g/mol. The van der Waals surface area contributed by atoms with Gasteiger partial charge in [0.25, 0.3) is 0 Å². The third kappa shape index (κ3) is 2.37. The first-order valence-corrected chi connectivity index (χ1v) is 6.96. The molecule has 2 aromatic heterocycles. The summed E-state index contributed by atoms with van der Waals surface area (Å²) in [5.74, 6) is 0. The molecule has 0 fully saturated rings. The molecule has 18 heavy (non-hydrogen) atoms. The van der Waals surface area contributed by atoms with Crippen molar-refractivity contribution < 1.29 is 0 Å². The second-order valence-corrected chi connectivity index (χ2v) is 5.30. The van der Waals surface area contributed by atoms with Gasteiger partial charge in [-0.05, 0) is 48.8 Å². The number of aromatic nitrogens is 3. The number of hydrogen-bond donors (Lipinski definition) is 1. The highest BCUT2D eigenvalue weighted by molar-refractivity contribution is 9.10. The standard InChI is InChI=1S/C13H19BrN4/c1-4-18-12(13(14)10(3)16-18)8-17-7-5-6-11(17)9(2)15/h5-7,9H,4,8,15H2,1-3H3. The first-order chi connectivity index (χ1) is 8.54. The van der Waals surface area contributed by atoms with E-state index in [1.165, 1.54) is 5.69 Å². The third-order valence-electron chi connectivity index (χ3n) is 3.10. The minimum atomic E-state index is 0.0397. The summed E-state index contributed by atoms with van der Waals surface area (Å²) in [6.45, 7) is 7.78. The summed E-state index contributed by atoms with van der Waals surface area (Å²) in [5, 5.41) is 4.51. The molecule has 0 bridgehead atoms. The minimum Gasteiger partial charge on any atom is -0.344 e. The molecule has 2 N–H and O–H groups in total. The molecule has 1 atom stereocenters. The summed E-state index contributed by atoms with van der Waals surface area (Å²) in [6.07, 6.45) is 2.06. The van der Waals surface area contributed by atoms with E-state index < -0.39 is 0 Å². The van der Waals surface area contributed by atoms with E-state index in [-0.39, 0.29) is 6.04 Å². The van der Waals surface area contributed by atoms with Crippen LogP contribution in [0.15, 0.2) is 22.8 Å². The van der Waals surface area contributed by atoms with Crippen molar-refractivity contribution in [1.29, 1.82) is 0 Å². The maximum absolute atomic E-state index is 5.97. The SMILES string of the molecule is CCn1nc(C)c(Br)c1Cn1cccc1C(C)N. The van der Waals surface area contributed by atoms with Crippen LogP contribution >= 0.6 is 15.9 Å². The van der Waals surface area contributed by atoms with Gasteiger partial charge in [0, 0.05) is 24.5 Å². The molecular formula is C13H19BrN4. The van der Waals surface area contributed by atoms with Crippen LogP contribution in [0.5, 0.6) is 0 Å². The summed E-state index contributed by atoms with van der Waals surface area (Å²) in [7, 11) is 0. The molecule has 0 aliphatic heterocycles. The van der Waals surface area contributed by atoms with Crippen LogP contribution in [0.3, 0.4) is 0 Å². The summed E-state index contributed by atoms with van der Waals surface area (Å²) in [6, 6.07) is 4.14. The fourth-order valence-electron chi connectivity index (χ4n) is 2.17. The fourth-order valence-corrected chi connectivity index (χ4v) is 2.58. The Kier molecular flexibility index (Phi) is 3.92. The lowest BCUT2D eigenvalue weighted by molar-refractivity contribution is 0.581.